The molecule has 0 bridgehead atoms. The molecule has 0 fully saturated rings. The number of halogens is 1. The molecule has 0 saturated heterocycles. The number of carboxylic acid groups (broad SMARTS) is 1. The summed E-state index contributed by atoms with van der Waals surface area (Å²) in [6, 6.07) is 3.17. The van der Waals surface area contributed by atoms with Crippen LogP contribution in [0.3, 0.4) is 0 Å². The van der Waals surface area contributed by atoms with Crippen molar-refractivity contribution < 1.29 is 14.3 Å². The molecule has 2 rings (SSSR count). The Kier molecular flexibility index (Phi) is 2.60. The van der Waals surface area contributed by atoms with Crippen LogP contribution >= 0.6 is 0 Å². The highest BCUT2D eigenvalue weighted by Gasteiger charge is 2.09. The lowest BCUT2D eigenvalue weighted by Crippen LogP contribution is -2.02. The molecule has 0 aliphatic rings. The summed E-state index contributed by atoms with van der Waals surface area (Å²) in [7, 11) is 1.80. The molecule has 0 aromatic carbocycles. The Morgan fingerprint density at radius 1 is 1.56 bits per heavy atom. The fourth-order valence-corrected chi connectivity index (χ4v) is 1.72. The molecular formula is C11H11FN2O2. The Morgan fingerprint density at radius 3 is 3.00 bits per heavy atom. The van der Waals surface area contributed by atoms with Crippen LogP contribution < -0.4 is 0 Å². The van der Waals surface area contributed by atoms with Crippen LogP contribution in [0.4, 0.5) is 4.39 Å². The molecule has 16 heavy (non-hydrogen) atoms. The standard InChI is InChI=1S/C11H11FN2O2/c1-14-9(2-3-10(15)16)5-7-4-8(12)6-13-11(7)14/h4-6H,2-3H2,1H3,(H,15,16). The van der Waals surface area contributed by atoms with E-state index in [9.17, 15) is 9.18 Å². The predicted molar refractivity (Wildman–Crippen MR) is 56.6 cm³/mol. The van der Waals surface area contributed by atoms with Crippen LogP contribution in [0.25, 0.3) is 11.0 Å². The minimum Gasteiger partial charge on any atom is -0.481 e. The van der Waals surface area contributed by atoms with Gasteiger partial charge in [0.05, 0.1) is 12.6 Å². The van der Waals surface area contributed by atoms with Gasteiger partial charge in [-0.25, -0.2) is 9.37 Å². The molecule has 5 heteroatoms. The van der Waals surface area contributed by atoms with Gasteiger partial charge in [-0.1, -0.05) is 0 Å². The van der Waals surface area contributed by atoms with Crippen LogP contribution in [0, 0.1) is 5.82 Å². The van der Waals surface area contributed by atoms with Crippen molar-refractivity contribution in [1.29, 1.82) is 0 Å². The monoisotopic (exact) mass is 222 g/mol. The fraction of sp³-hybridized carbons (Fsp3) is 0.273. The summed E-state index contributed by atoms with van der Waals surface area (Å²) in [5, 5.41) is 9.30. The zero-order valence-electron chi connectivity index (χ0n) is 8.77. The predicted octanol–water partition coefficient (Wildman–Crippen LogP) is 1.73. The number of fused-ring (bicyclic) bond motifs is 1. The number of nitrogens with zero attached hydrogens (tertiary/aromatic N) is 2. The summed E-state index contributed by atoms with van der Waals surface area (Å²) in [4.78, 5) is 14.4. The second kappa shape index (κ2) is 3.92. The van der Waals surface area contributed by atoms with Gasteiger partial charge in [-0.3, -0.25) is 4.79 Å². The lowest BCUT2D eigenvalue weighted by molar-refractivity contribution is -0.136. The number of aromatic nitrogens is 2. The number of carboxylic acids is 1. The van der Waals surface area contributed by atoms with Crippen LogP contribution in [0.2, 0.25) is 0 Å². The lowest BCUT2D eigenvalue weighted by Gasteiger charge is -2.01. The lowest BCUT2D eigenvalue weighted by atomic mass is 10.2. The van der Waals surface area contributed by atoms with Gasteiger partial charge >= 0.3 is 5.97 Å². The number of hydrogen-bond acceptors (Lipinski definition) is 2. The summed E-state index contributed by atoms with van der Waals surface area (Å²) in [6.45, 7) is 0. The van der Waals surface area contributed by atoms with Gasteiger partial charge < -0.3 is 9.67 Å². The molecule has 0 saturated carbocycles. The van der Waals surface area contributed by atoms with E-state index in [-0.39, 0.29) is 12.2 Å². The SMILES string of the molecule is Cn1c(CCC(=O)O)cc2cc(F)cnc21. The van der Waals surface area contributed by atoms with Crippen molar-refractivity contribution in [2.75, 3.05) is 0 Å². The van der Waals surface area contributed by atoms with Crippen molar-refractivity contribution in [1.82, 2.24) is 9.55 Å². The van der Waals surface area contributed by atoms with Gasteiger partial charge in [-0.15, -0.1) is 0 Å². The van der Waals surface area contributed by atoms with E-state index in [1.54, 1.807) is 17.7 Å². The van der Waals surface area contributed by atoms with Crippen molar-refractivity contribution in [3.05, 3.63) is 29.8 Å². The first-order valence-corrected chi connectivity index (χ1v) is 4.89. The van der Waals surface area contributed by atoms with Crippen LogP contribution in [-0.4, -0.2) is 20.6 Å². The van der Waals surface area contributed by atoms with Gasteiger partial charge in [0.1, 0.15) is 11.5 Å². The van der Waals surface area contributed by atoms with Gasteiger partial charge in [0.25, 0.3) is 0 Å². The Labute approximate surface area is 91.3 Å². The molecule has 0 atom stereocenters. The van der Waals surface area contributed by atoms with E-state index in [2.05, 4.69) is 4.98 Å². The summed E-state index contributed by atoms with van der Waals surface area (Å²) in [6.07, 6.45) is 1.64. The molecule has 2 aromatic heterocycles. The third-order valence-electron chi connectivity index (χ3n) is 2.53. The molecule has 0 spiro atoms. The van der Waals surface area contributed by atoms with Crippen LogP contribution in [0.5, 0.6) is 0 Å². The zero-order chi connectivity index (χ0) is 11.7. The topological polar surface area (TPSA) is 55.1 Å². The number of aryl methyl sites for hydroxylation is 2. The number of rotatable bonds is 3. The highest BCUT2D eigenvalue weighted by molar-refractivity contribution is 5.77. The third-order valence-corrected chi connectivity index (χ3v) is 2.53. The Bertz CT molecular complexity index is 548. The molecule has 0 radical (unpaired) electrons. The third kappa shape index (κ3) is 1.88. The van der Waals surface area contributed by atoms with Crippen molar-refractivity contribution >= 4 is 17.0 Å². The van der Waals surface area contributed by atoms with E-state index < -0.39 is 5.97 Å². The molecule has 0 unspecified atom stereocenters. The zero-order valence-corrected chi connectivity index (χ0v) is 8.77. The maximum absolute atomic E-state index is 12.9. The molecule has 0 aliphatic heterocycles. The molecule has 2 heterocycles. The van der Waals surface area contributed by atoms with Crippen molar-refractivity contribution in [2.24, 2.45) is 7.05 Å². The molecule has 84 valence electrons. The normalized spacial score (nSPS) is 10.9. The maximum atomic E-state index is 12.9. The first-order chi connectivity index (χ1) is 7.58. The first-order valence-electron chi connectivity index (χ1n) is 4.89. The minimum atomic E-state index is -0.843. The number of hydrogen-bond donors (Lipinski definition) is 1. The van der Waals surface area contributed by atoms with E-state index in [0.717, 1.165) is 11.9 Å². The van der Waals surface area contributed by atoms with Gasteiger partial charge in [-0.2, -0.15) is 0 Å². The Balaban J connectivity index is 2.39. The first kappa shape index (κ1) is 10.6. The average molecular weight is 222 g/mol. The second-order valence-corrected chi connectivity index (χ2v) is 3.65. The van der Waals surface area contributed by atoms with E-state index >= 15 is 0 Å². The highest BCUT2D eigenvalue weighted by atomic mass is 19.1. The van der Waals surface area contributed by atoms with Crippen molar-refractivity contribution in [2.45, 2.75) is 12.8 Å². The smallest absolute Gasteiger partial charge is 0.303 e. The van der Waals surface area contributed by atoms with Gasteiger partial charge in [0, 0.05) is 18.1 Å². The van der Waals surface area contributed by atoms with E-state index in [1.807, 2.05) is 0 Å². The largest absolute Gasteiger partial charge is 0.481 e. The molecule has 0 amide bonds. The van der Waals surface area contributed by atoms with Crippen molar-refractivity contribution in [3.63, 3.8) is 0 Å². The van der Waals surface area contributed by atoms with Crippen LogP contribution in [-0.2, 0) is 18.3 Å². The summed E-state index contributed by atoms with van der Waals surface area (Å²) < 4.78 is 14.7. The van der Waals surface area contributed by atoms with Crippen molar-refractivity contribution in [3.8, 4) is 0 Å². The van der Waals surface area contributed by atoms with Crippen LogP contribution in [0.1, 0.15) is 12.1 Å². The number of pyridine rings is 1. The van der Waals surface area contributed by atoms with Gasteiger partial charge in [0.15, 0.2) is 0 Å². The Hall–Kier alpha value is -1.91. The fourth-order valence-electron chi connectivity index (χ4n) is 1.72. The molecule has 2 aromatic rings. The summed E-state index contributed by atoms with van der Waals surface area (Å²) >= 11 is 0. The molecule has 4 nitrogen and oxygen atoms in total. The highest BCUT2D eigenvalue weighted by Crippen LogP contribution is 2.18. The van der Waals surface area contributed by atoms with E-state index in [0.29, 0.717) is 17.5 Å². The summed E-state index contributed by atoms with van der Waals surface area (Å²) in [5.74, 6) is -1.23. The maximum Gasteiger partial charge on any atom is 0.303 e. The number of aliphatic carboxylic acids is 1. The van der Waals surface area contributed by atoms with Gasteiger partial charge in [0.2, 0.25) is 0 Å². The van der Waals surface area contributed by atoms with Crippen LogP contribution in [0.15, 0.2) is 18.3 Å². The molecule has 1 N–H and O–H groups in total. The van der Waals surface area contributed by atoms with Gasteiger partial charge in [-0.05, 0) is 18.6 Å². The molecule has 0 aliphatic carbocycles. The van der Waals surface area contributed by atoms with E-state index in [1.165, 1.54) is 6.07 Å². The summed E-state index contributed by atoms with van der Waals surface area (Å²) in [5.41, 5.74) is 1.51. The number of carbonyl (C=O) groups is 1. The average Bonchev–Trinajstić information content (AvgIpc) is 2.52. The Morgan fingerprint density at radius 2 is 2.31 bits per heavy atom. The molecular weight excluding hydrogens is 211 g/mol. The van der Waals surface area contributed by atoms with E-state index in [4.69, 9.17) is 5.11 Å². The minimum absolute atomic E-state index is 0.0621. The quantitative estimate of drug-likeness (QED) is 0.860. The second-order valence-electron chi connectivity index (χ2n) is 3.65.